The molecule has 0 aromatic heterocycles. The Morgan fingerprint density at radius 2 is 0.936 bits per heavy atom. The fourth-order valence-electron chi connectivity index (χ4n) is 6.27. The Balaban J connectivity index is 1.17. The molecule has 1 unspecified atom stereocenters. The van der Waals surface area contributed by atoms with Crippen molar-refractivity contribution in [1.29, 1.82) is 5.26 Å². The zero-order valence-corrected chi connectivity index (χ0v) is 25.6. The summed E-state index contributed by atoms with van der Waals surface area (Å²) in [5.41, 5.74) is 14.0. The first kappa shape index (κ1) is 28.1. The van der Waals surface area contributed by atoms with Crippen molar-refractivity contribution >= 4 is 5.69 Å². The Labute approximate surface area is 275 Å². The average molecular weight is 603 g/mol. The van der Waals surface area contributed by atoms with Crippen LogP contribution in [0.5, 0.6) is 5.75 Å². The molecule has 0 fully saturated rings. The van der Waals surface area contributed by atoms with Crippen LogP contribution in [-0.4, -0.2) is 0 Å². The Bertz CT molecular complexity index is 2220. The Morgan fingerprint density at radius 3 is 1.53 bits per heavy atom. The van der Waals surface area contributed by atoms with E-state index in [1.165, 1.54) is 22.3 Å². The third-order valence-corrected chi connectivity index (χ3v) is 8.79. The van der Waals surface area contributed by atoms with Gasteiger partial charge in [-0.15, -0.1) is 0 Å². The molecule has 0 aliphatic carbocycles. The van der Waals surface area contributed by atoms with E-state index in [0.29, 0.717) is 5.56 Å². The number of anilines is 1. The van der Waals surface area contributed by atoms with E-state index >= 15 is 0 Å². The summed E-state index contributed by atoms with van der Waals surface area (Å²) in [6, 6.07) is 61.1. The van der Waals surface area contributed by atoms with Crippen LogP contribution in [0.15, 0.2) is 170 Å². The molecule has 1 aliphatic heterocycles. The minimum atomic E-state index is -0.346. The molecule has 3 nitrogen and oxygen atoms in total. The summed E-state index contributed by atoms with van der Waals surface area (Å²) in [7, 11) is 0. The van der Waals surface area contributed by atoms with Crippen LogP contribution in [0.1, 0.15) is 17.4 Å². The molecule has 222 valence electrons. The van der Waals surface area contributed by atoms with Crippen molar-refractivity contribution in [2.24, 2.45) is 0 Å². The van der Waals surface area contributed by atoms with E-state index in [4.69, 9.17) is 4.74 Å². The number of hydrogen-bond donors (Lipinski definition) is 1. The first-order valence-electron chi connectivity index (χ1n) is 15.8. The molecule has 7 aromatic carbocycles. The molecule has 0 saturated heterocycles. The van der Waals surface area contributed by atoms with Crippen LogP contribution in [0.25, 0.3) is 55.6 Å². The highest BCUT2D eigenvalue weighted by molar-refractivity contribution is 5.89. The van der Waals surface area contributed by atoms with Crippen molar-refractivity contribution in [2.45, 2.75) is 6.23 Å². The predicted molar refractivity (Wildman–Crippen MR) is 192 cm³/mol. The predicted octanol–water partition coefficient (Wildman–Crippen LogP) is 11.4. The highest BCUT2D eigenvalue weighted by atomic mass is 16.5. The van der Waals surface area contributed by atoms with Gasteiger partial charge in [0, 0.05) is 11.1 Å². The minimum absolute atomic E-state index is 0.346. The topological polar surface area (TPSA) is 45.0 Å². The van der Waals surface area contributed by atoms with Crippen LogP contribution in [0.3, 0.4) is 0 Å². The molecule has 0 spiro atoms. The molecule has 47 heavy (non-hydrogen) atoms. The van der Waals surface area contributed by atoms with E-state index in [0.717, 1.165) is 50.4 Å². The maximum absolute atomic E-state index is 9.22. The highest BCUT2D eigenvalue weighted by Gasteiger charge is 2.28. The van der Waals surface area contributed by atoms with E-state index in [1.807, 2.05) is 36.4 Å². The molecule has 8 rings (SSSR count). The molecule has 1 atom stereocenters. The Kier molecular flexibility index (Phi) is 7.30. The molecular weight excluding hydrogens is 572 g/mol. The van der Waals surface area contributed by atoms with Crippen LogP contribution in [0, 0.1) is 11.3 Å². The van der Waals surface area contributed by atoms with E-state index in [9.17, 15) is 5.26 Å². The monoisotopic (exact) mass is 602 g/mol. The molecule has 1 N–H and O–H groups in total. The summed E-state index contributed by atoms with van der Waals surface area (Å²) in [6.45, 7) is 0. The second-order valence-electron chi connectivity index (χ2n) is 11.7. The van der Waals surface area contributed by atoms with Gasteiger partial charge < -0.3 is 10.1 Å². The number of ether oxygens (including phenoxy) is 1. The second kappa shape index (κ2) is 12.2. The van der Waals surface area contributed by atoms with Gasteiger partial charge >= 0.3 is 0 Å². The lowest BCUT2D eigenvalue weighted by molar-refractivity contribution is 0.260. The van der Waals surface area contributed by atoms with Gasteiger partial charge in [0.05, 0.1) is 17.3 Å². The lowest BCUT2D eigenvalue weighted by atomic mass is 9.94. The smallest absolute Gasteiger partial charge is 0.196 e. The van der Waals surface area contributed by atoms with Crippen molar-refractivity contribution in [3.05, 3.63) is 181 Å². The normalized spacial score (nSPS) is 13.2. The van der Waals surface area contributed by atoms with Gasteiger partial charge in [-0.2, -0.15) is 5.26 Å². The number of hydrogen-bond acceptors (Lipinski definition) is 3. The minimum Gasteiger partial charge on any atom is -0.464 e. The number of benzene rings is 7. The van der Waals surface area contributed by atoms with Crippen molar-refractivity contribution in [3.63, 3.8) is 0 Å². The van der Waals surface area contributed by atoms with Crippen LogP contribution < -0.4 is 10.1 Å². The van der Waals surface area contributed by atoms with Gasteiger partial charge in [0.1, 0.15) is 5.75 Å². The molecule has 7 aromatic rings. The lowest BCUT2D eigenvalue weighted by Crippen LogP contribution is -2.10. The van der Waals surface area contributed by atoms with Crippen molar-refractivity contribution in [1.82, 2.24) is 0 Å². The van der Waals surface area contributed by atoms with Crippen LogP contribution in [0.2, 0.25) is 0 Å². The molecule has 3 heteroatoms. The third-order valence-electron chi connectivity index (χ3n) is 8.79. The first-order valence-corrected chi connectivity index (χ1v) is 15.8. The van der Waals surface area contributed by atoms with Gasteiger partial charge in [0.25, 0.3) is 0 Å². The number of nitrogens with zero attached hydrogens (tertiary/aromatic N) is 1. The largest absolute Gasteiger partial charge is 0.464 e. The van der Waals surface area contributed by atoms with E-state index in [1.54, 1.807) is 0 Å². The molecule has 0 amide bonds. The summed E-state index contributed by atoms with van der Waals surface area (Å²) >= 11 is 0. The zero-order chi connectivity index (χ0) is 31.6. The summed E-state index contributed by atoms with van der Waals surface area (Å²) in [5.74, 6) is 0.825. The number of rotatable bonds is 6. The second-order valence-corrected chi connectivity index (χ2v) is 11.7. The van der Waals surface area contributed by atoms with Crippen molar-refractivity contribution < 1.29 is 4.74 Å². The van der Waals surface area contributed by atoms with Crippen molar-refractivity contribution in [2.75, 3.05) is 5.32 Å². The van der Waals surface area contributed by atoms with E-state index in [-0.39, 0.29) is 6.23 Å². The fourth-order valence-corrected chi connectivity index (χ4v) is 6.27. The summed E-state index contributed by atoms with van der Waals surface area (Å²) in [4.78, 5) is 0. The molecule has 0 saturated carbocycles. The van der Waals surface area contributed by atoms with Gasteiger partial charge in [0.2, 0.25) is 0 Å². The highest BCUT2D eigenvalue weighted by Crippen LogP contribution is 2.47. The summed E-state index contributed by atoms with van der Waals surface area (Å²) < 4.78 is 6.68. The summed E-state index contributed by atoms with van der Waals surface area (Å²) in [5, 5.41) is 12.9. The van der Waals surface area contributed by atoms with Gasteiger partial charge in [-0.25, -0.2) is 0 Å². The molecule has 0 bridgehead atoms. The SMILES string of the molecule is N#Cc1ccc(-c2cccc(C3Nc4c(cc(-c5ccc(-c6ccccc6)cc5)cc4-c4ccc(-c5ccccc5)cc4)O3)c2)cc1. The molecule has 1 heterocycles. The average Bonchev–Trinajstić information content (AvgIpc) is 3.60. The number of nitriles is 1. The van der Waals surface area contributed by atoms with Crippen molar-refractivity contribution in [3.8, 4) is 67.5 Å². The number of fused-ring (bicyclic) bond motifs is 1. The summed E-state index contributed by atoms with van der Waals surface area (Å²) in [6.07, 6.45) is -0.346. The third kappa shape index (κ3) is 5.65. The first-order chi connectivity index (χ1) is 23.2. The van der Waals surface area contributed by atoms with Crippen LogP contribution >= 0.6 is 0 Å². The van der Waals surface area contributed by atoms with Gasteiger partial charge in [0.15, 0.2) is 6.23 Å². The molecule has 0 radical (unpaired) electrons. The van der Waals surface area contributed by atoms with Gasteiger partial charge in [-0.1, -0.05) is 140 Å². The maximum Gasteiger partial charge on any atom is 0.196 e. The molecular formula is C44H30N2O. The number of nitrogens with one attached hydrogen (secondary N) is 1. The quantitative estimate of drug-likeness (QED) is 0.206. The van der Waals surface area contributed by atoms with Crippen LogP contribution in [0.4, 0.5) is 5.69 Å². The van der Waals surface area contributed by atoms with Gasteiger partial charge in [-0.05, 0) is 80.4 Å². The fraction of sp³-hybridized carbons (Fsp3) is 0.0227. The molecule has 1 aliphatic rings. The lowest BCUT2D eigenvalue weighted by Gasteiger charge is -2.14. The zero-order valence-electron chi connectivity index (χ0n) is 25.6. The maximum atomic E-state index is 9.22. The Hall–Kier alpha value is -6.37. The standard InChI is InChI=1S/C44H30N2O/c45-29-30-14-16-35(17-15-30)38-12-7-13-39(26-38)44-46-43-41(37-24-22-34(23-25-37)32-10-5-2-6-11-32)27-40(28-42(43)47-44)36-20-18-33(19-21-36)31-8-3-1-4-9-31/h1-28,44,46H. The van der Waals surface area contributed by atoms with E-state index in [2.05, 4.69) is 145 Å². The van der Waals surface area contributed by atoms with E-state index < -0.39 is 0 Å². The van der Waals surface area contributed by atoms with Gasteiger partial charge in [-0.3, -0.25) is 0 Å². The van der Waals surface area contributed by atoms with Crippen LogP contribution in [-0.2, 0) is 0 Å². The Morgan fingerprint density at radius 1 is 0.447 bits per heavy atom.